The zero-order valence-electron chi connectivity index (χ0n) is 14.6. The SMILES string of the molecule is CC(C)(C(=O)Nc1nc2ccccc2s1)S(=O)(=O)c1ccc(C(F)(F)F)nc1. The Balaban J connectivity index is 1.88. The molecule has 3 aromatic rings. The molecule has 0 unspecified atom stereocenters. The number of thiazole rings is 1. The number of fused-ring (bicyclic) bond motifs is 1. The highest BCUT2D eigenvalue weighted by Crippen LogP contribution is 2.32. The van der Waals surface area contributed by atoms with Gasteiger partial charge in [0.15, 0.2) is 15.0 Å². The van der Waals surface area contributed by atoms with Gasteiger partial charge in [0.25, 0.3) is 0 Å². The van der Waals surface area contributed by atoms with Gasteiger partial charge in [0.2, 0.25) is 5.91 Å². The lowest BCUT2D eigenvalue weighted by atomic mass is 10.2. The molecule has 0 radical (unpaired) electrons. The van der Waals surface area contributed by atoms with Crippen molar-refractivity contribution in [1.29, 1.82) is 0 Å². The first-order valence-corrected chi connectivity index (χ1v) is 10.2. The average molecular weight is 429 g/mol. The Morgan fingerprint density at radius 1 is 1.11 bits per heavy atom. The summed E-state index contributed by atoms with van der Waals surface area (Å²) in [5.41, 5.74) is -0.571. The van der Waals surface area contributed by atoms with Gasteiger partial charge in [0.05, 0.1) is 15.1 Å². The standard InChI is InChI=1S/C17H14F3N3O3S2/c1-16(2,14(24)23-15-22-11-5-3-4-6-12(11)27-15)28(25,26)10-7-8-13(21-9-10)17(18,19)20/h3-9H,1-2H3,(H,22,23,24). The fraction of sp³-hybridized carbons (Fsp3) is 0.235. The van der Waals surface area contributed by atoms with Crippen LogP contribution in [0.25, 0.3) is 10.2 Å². The first-order valence-electron chi connectivity index (χ1n) is 7.88. The fourth-order valence-electron chi connectivity index (χ4n) is 2.30. The summed E-state index contributed by atoms with van der Waals surface area (Å²) in [5.74, 6) is -0.855. The van der Waals surface area contributed by atoms with E-state index in [0.29, 0.717) is 17.8 Å². The zero-order valence-corrected chi connectivity index (χ0v) is 16.2. The molecule has 0 bridgehead atoms. The molecule has 28 heavy (non-hydrogen) atoms. The van der Waals surface area contributed by atoms with E-state index in [0.717, 1.165) is 10.8 Å². The molecule has 1 N–H and O–H groups in total. The summed E-state index contributed by atoms with van der Waals surface area (Å²) >= 11 is 1.18. The summed E-state index contributed by atoms with van der Waals surface area (Å²) in [6, 6.07) is 8.49. The van der Waals surface area contributed by atoms with Gasteiger partial charge in [-0.1, -0.05) is 23.5 Å². The van der Waals surface area contributed by atoms with Crippen molar-refractivity contribution in [1.82, 2.24) is 9.97 Å². The molecule has 11 heteroatoms. The lowest BCUT2D eigenvalue weighted by Crippen LogP contribution is -2.44. The molecule has 0 aliphatic carbocycles. The third-order valence-corrected chi connectivity index (χ3v) is 7.41. The number of hydrogen-bond acceptors (Lipinski definition) is 6. The third-order valence-electron chi connectivity index (χ3n) is 4.07. The van der Waals surface area contributed by atoms with Gasteiger partial charge < -0.3 is 5.32 Å². The van der Waals surface area contributed by atoms with E-state index in [4.69, 9.17) is 0 Å². The van der Waals surface area contributed by atoms with E-state index in [1.54, 1.807) is 24.3 Å². The number of pyridine rings is 1. The molecular weight excluding hydrogens is 415 g/mol. The van der Waals surface area contributed by atoms with Crippen LogP contribution >= 0.6 is 11.3 Å². The van der Waals surface area contributed by atoms with Crippen LogP contribution in [0.3, 0.4) is 0 Å². The highest BCUT2D eigenvalue weighted by molar-refractivity contribution is 7.93. The largest absolute Gasteiger partial charge is 0.433 e. The van der Waals surface area contributed by atoms with Crippen LogP contribution in [0.5, 0.6) is 0 Å². The molecule has 2 aromatic heterocycles. The summed E-state index contributed by atoms with van der Waals surface area (Å²) in [6.07, 6.45) is -4.09. The molecule has 2 heterocycles. The van der Waals surface area contributed by atoms with Gasteiger partial charge in [0, 0.05) is 6.20 Å². The number of nitrogens with one attached hydrogen (secondary N) is 1. The number of hydrogen-bond donors (Lipinski definition) is 1. The Morgan fingerprint density at radius 2 is 1.79 bits per heavy atom. The van der Waals surface area contributed by atoms with Crippen molar-refractivity contribution in [3.8, 4) is 0 Å². The van der Waals surface area contributed by atoms with E-state index in [1.807, 2.05) is 0 Å². The molecule has 1 amide bonds. The first-order chi connectivity index (χ1) is 12.9. The zero-order chi connectivity index (χ0) is 20.7. The van der Waals surface area contributed by atoms with Crippen LogP contribution in [0.15, 0.2) is 47.5 Å². The van der Waals surface area contributed by atoms with Crippen LogP contribution in [-0.4, -0.2) is 29.0 Å². The maximum absolute atomic E-state index is 12.8. The Morgan fingerprint density at radius 3 is 2.36 bits per heavy atom. The number of nitrogens with zero attached hydrogens (tertiary/aromatic N) is 2. The molecule has 148 valence electrons. The Bertz CT molecular complexity index is 1100. The van der Waals surface area contributed by atoms with E-state index in [9.17, 15) is 26.4 Å². The monoisotopic (exact) mass is 429 g/mol. The lowest BCUT2D eigenvalue weighted by molar-refractivity contribution is -0.141. The molecule has 1 aromatic carbocycles. The summed E-state index contributed by atoms with van der Waals surface area (Å²) in [5, 5.41) is 2.69. The second-order valence-corrected chi connectivity index (χ2v) is 9.86. The van der Waals surface area contributed by atoms with Crippen molar-refractivity contribution in [2.24, 2.45) is 0 Å². The van der Waals surface area contributed by atoms with Crippen molar-refractivity contribution >= 4 is 42.4 Å². The normalized spacial score (nSPS) is 12.9. The van der Waals surface area contributed by atoms with Crippen molar-refractivity contribution in [2.45, 2.75) is 29.7 Å². The second-order valence-electron chi connectivity index (χ2n) is 6.33. The minimum atomic E-state index is -4.69. The van der Waals surface area contributed by atoms with Gasteiger partial charge in [-0.3, -0.25) is 9.78 Å². The lowest BCUT2D eigenvalue weighted by Gasteiger charge is -2.23. The van der Waals surface area contributed by atoms with E-state index in [2.05, 4.69) is 15.3 Å². The molecular formula is C17H14F3N3O3S2. The van der Waals surface area contributed by atoms with Crippen LogP contribution in [0.2, 0.25) is 0 Å². The highest BCUT2D eigenvalue weighted by atomic mass is 32.2. The fourth-order valence-corrected chi connectivity index (χ4v) is 4.48. The van der Waals surface area contributed by atoms with E-state index < -0.39 is 37.3 Å². The number of alkyl halides is 3. The second kappa shape index (κ2) is 6.82. The number of amides is 1. The molecule has 0 fully saturated rings. The number of benzene rings is 1. The summed E-state index contributed by atoms with van der Waals surface area (Å²) in [7, 11) is -4.32. The maximum atomic E-state index is 12.8. The number of para-hydroxylation sites is 1. The van der Waals surface area contributed by atoms with Gasteiger partial charge in [0.1, 0.15) is 10.4 Å². The highest BCUT2D eigenvalue weighted by Gasteiger charge is 2.44. The summed E-state index contributed by atoms with van der Waals surface area (Å²) in [4.78, 5) is 19.5. The Hall–Kier alpha value is -2.53. The molecule has 0 saturated carbocycles. The van der Waals surface area contributed by atoms with E-state index in [-0.39, 0.29) is 5.13 Å². The first kappa shape index (κ1) is 20.2. The molecule has 3 rings (SSSR count). The van der Waals surface area contributed by atoms with Crippen LogP contribution in [0.1, 0.15) is 19.5 Å². The number of aromatic nitrogens is 2. The van der Waals surface area contributed by atoms with Gasteiger partial charge in [-0.05, 0) is 38.1 Å². The Labute approximate surface area is 162 Å². The van der Waals surface area contributed by atoms with Gasteiger partial charge in [-0.25, -0.2) is 13.4 Å². The molecule has 6 nitrogen and oxygen atoms in total. The van der Waals surface area contributed by atoms with Crippen molar-refractivity contribution in [3.63, 3.8) is 0 Å². The molecule has 0 atom stereocenters. The number of carbonyl (C=O) groups excluding carboxylic acids is 1. The molecule has 0 spiro atoms. The van der Waals surface area contributed by atoms with Gasteiger partial charge >= 0.3 is 6.18 Å². The van der Waals surface area contributed by atoms with Crippen molar-refractivity contribution in [3.05, 3.63) is 48.3 Å². The Kier molecular flexibility index (Phi) is 4.92. The summed E-state index contributed by atoms with van der Waals surface area (Å²) < 4.78 is 62.4. The van der Waals surface area contributed by atoms with Crippen molar-refractivity contribution in [2.75, 3.05) is 5.32 Å². The average Bonchev–Trinajstić information content (AvgIpc) is 3.03. The third kappa shape index (κ3) is 3.59. The minimum Gasteiger partial charge on any atom is -0.301 e. The number of anilines is 1. The van der Waals surface area contributed by atoms with E-state index in [1.165, 1.54) is 25.2 Å². The van der Waals surface area contributed by atoms with E-state index >= 15 is 0 Å². The maximum Gasteiger partial charge on any atom is 0.433 e. The number of rotatable bonds is 4. The number of carbonyl (C=O) groups is 1. The smallest absolute Gasteiger partial charge is 0.301 e. The summed E-state index contributed by atoms with van der Waals surface area (Å²) in [6.45, 7) is 2.34. The topological polar surface area (TPSA) is 89.0 Å². The van der Waals surface area contributed by atoms with Gasteiger partial charge in [-0.2, -0.15) is 13.2 Å². The van der Waals surface area contributed by atoms with Crippen LogP contribution in [-0.2, 0) is 20.8 Å². The minimum absolute atomic E-state index is 0.222. The molecule has 0 aliphatic rings. The number of sulfone groups is 1. The van der Waals surface area contributed by atoms with Crippen LogP contribution < -0.4 is 5.32 Å². The predicted molar refractivity (Wildman–Crippen MR) is 98.8 cm³/mol. The number of halogens is 3. The molecule has 0 aliphatic heterocycles. The predicted octanol–water partition coefficient (Wildman–Crippen LogP) is 3.90. The van der Waals surface area contributed by atoms with Gasteiger partial charge in [-0.15, -0.1) is 0 Å². The quantitative estimate of drug-likeness (QED) is 0.680. The van der Waals surface area contributed by atoms with Crippen LogP contribution in [0, 0.1) is 0 Å². The molecule has 0 saturated heterocycles. The van der Waals surface area contributed by atoms with Crippen LogP contribution in [0.4, 0.5) is 18.3 Å². The van der Waals surface area contributed by atoms with Crippen molar-refractivity contribution < 1.29 is 26.4 Å².